The highest BCUT2D eigenvalue weighted by atomic mass is 16.5. The fourth-order valence-corrected chi connectivity index (χ4v) is 1.75. The van der Waals surface area contributed by atoms with Gasteiger partial charge in [0.05, 0.1) is 12.7 Å². The number of hydrogen-bond donors (Lipinski definition) is 0. The van der Waals surface area contributed by atoms with E-state index < -0.39 is 0 Å². The van der Waals surface area contributed by atoms with Crippen LogP contribution in [0.1, 0.15) is 32.1 Å². The van der Waals surface area contributed by atoms with Crippen LogP contribution < -0.4 is 0 Å². The van der Waals surface area contributed by atoms with Crippen molar-refractivity contribution in [3.8, 4) is 6.07 Å². The quantitative estimate of drug-likeness (QED) is 0.491. The molecule has 1 aliphatic rings. The molecule has 0 saturated heterocycles. The molecule has 2 heteroatoms. The minimum absolute atomic E-state index is 0.203. The minimum atomic E-state index is 0.203. The van der Waals surface area contributed by atoms with Crippen molar-refractivity contribution in [1.29, 1.82) is 5.26 Å². The maximum Gasteiger partial charge on any atom is 0.134 e. The van der Waals surface area contributed by atoms with Crippen LogP contribution in [0.15, 0.2) is 12.2 Å². The Hall–Kier alpha value is -0.810. The van der Waals surface area contributed by atoms with Gasteiger partial charge in [-0.2, -0.15) is 5.26 Å². The summed E-state index contributed by atoms with van der Waals surface area (Å²) in [5.41, 5.74) is 0. The fourth-order valence-electron chi connectivity index (χ4n) is 1.75. The van der Waals surface area contributed by atoms with E-state index in [-0.39, 0.29) is 6.61 Å². The zero-order chi connectivity index (χ0) is 9.36. The molecule has 0 aromatic carbocycles. The number of nitrogens with zero attached hydrogens (tertiary/aromatic N) is 1. The predicted octanol–water partition coefficient (Wildman–Crippen LogP) is 2.66. The summed E-state index contributed by atoms with van der Waals surface area (Å²) in [6, 6.07) is 1.95. The Morgan fingerprint density at radius 1 is 1.31 bits per heavy atom. The second-order valence-corrected chi connectivity index (χ2v) is 3.50. The van der Waals surface area contributed by atoms with Crippen LogP contribution in [0.3, 0.4) is 0 Å². The van der Waals surface area contributed by atoms with Crippen molar-refractivity contribution >= 4 is 0 Å². The minimum Gasteiger partial charge on any atom is -0.362 e. The van der Waals surface area contributed by atoms with Gasteiger partial charge in [0.2, 0.25) is 0 Å². The second-order valence-electron chi connectivity index (χ2n) is 3.50. The van der Waals surface area contributed by atoms with Crippen molar-refractivity contribution in [3.05, 3.63) is 12.2 Å². The zero-order valence-corrected chi connectivity index (χ0v) is 8.04. The van der Waals surface area contributed by atoms with Gasteiger partial charge in [-0.25, -0.2) is 0 Å². The first-order chi connectivity index (χ1) is 6.43. The van der Waals surface area contributed by atoms with E-state index in [1.807, 2.05) is 12.1 Å². The average Bonchev–Trinajstić information content (AvgIpc) is 2.19. The first-order valence-corrected chi connectivity index (χ1v) is 5.05. The lowest BCUT2D eigenvalue weighted by molar-refractivity contribution is 0.197. The van der Waals surface area contributed by atoms with Gasteiger partial charge >= 0.3 is 0 Å². The maximum absolute atomic E-state index is 8.22. The molecule has 0 bridgehead atoms. The van der Waals surface area contributed by atoms with Crippen LogP contribution in [-0.4, -0.2) is 13.2 Å². The van der Waals surface area contributed by atoms with Gasteiger partial charge < -0.3 is 4.74 Å². The maximum atomic E-state index is 8.22. The highest BCUT2D eigenvalue weighted by Crippen LogP contribution is 2.24. The molecule has 1 saturated carbocycles. The number of ether oxygens (including phenoxy) is 1. The summed E-state index contributed by atoms with van der Waals surface area (Å²) in [6.45, 7) is 0.791. The van der Waals surface area contributed by atoms with Crippen molar-refractivity contribution in [2.24, 2.45) is 5.92 Å². The summed E-state index contributed by atoms with van der Waals surface area (Å²) in [6.07, 6.45) is 11.1. The summed E-state index contributed by atoms with van der Waals surface area (Å²) in [5, 5.41) is 8.22. The Morgan fingerprint density at radius 2 is 2.08 bits per heavy atom. The standard InChI is InChI=1S/C11H17NO/c12-8-10-13-9-4-7-11-5-2-1-3-6-11/h4,7,11H,1-3,5-6,9-10H2. The Labute approximate surface area is 80.2 Å². The molecule has 0 radical (unpaired) electrons. The van der Waals surface area contributed by atoms with Gasteiger partial charge in [-0.15, -0.1) is 0 Å². The third-order valence-electron chi connectivity index (χ3n) is 2.44. The first-order valence-electron chi connectivity index (χ1n) is 5.05. The number of hydrogen-bond acceptors (Lipinski definition) is 2. The molecule has 13 heavy (non-hydrogen) atoms. The molecule has 1 rings (SSSR count). The highest BCUT2D eigenvalue weighted by molar-refractivity contribution is 4.90. The lowest BCUT2D eigenvalue weighted by atomic mass is 9.89. The summed E-state index contributed by atoms with van der Waals surface area (Å²) >= 11 is 0. The summed E-state index contributed by atoms with van der Waals surface area (Å²) in [7, 11) is 0. The first kappa shape index (κ1) is 10.3. The van der Waals surface area contributed by atoms with Crippen molar-refractivity contribution in [3.63, 3.8) is 0 Å². The third-order valence-corrected chi connectivity index (χ3v) is 2.44. The molecule has 1 aliphatic carbocycles. The normalized spacial score (nSPS) is 19.0. The zero-order valence-electron chi connectivity index (χ0n) is 8.04. The van der Waals surface area contributed by atoms with Crippen LogP contribution in [0.4, 0.5) is 0 Å². The predicted molar refractivity (Wildman–Crippen MR) is 52.1 cm³/mol. The van der Waals surface area contributed by atoms with Gasteiger partial charge in [-0.3, -0.25) is 0 Å². The Bertz CT molecular complexity index is 187. The molecule has 0 amide bonds. The molecule has 0 heterocycles. The summed E-state index contributed by atoms with van der Waals surface area (Å²) in [5.74, 6) is 0.763. The Morgan fingerprint density at radius 3 is 2.77 bits per heavy atom. The van der Waals surface area contributed by atoms with Crippen molar-refractivity contribution < 1.29 is 4.74 Å². The Kier molecular flexibility index (Phi) is 5.28. The molecule has 72 valence electrons. The summed E-state index contributed by atoms with van der Waals surface area (Å²) in [4.78, 5) is 0. The van der Waals surface area contributed by atoms with Gasteiger partial charge in [-0.1, -0.05) is 31.4 Å². The second kappa shape index (κ2) is 6.68. The van der Waals surface area contributed by atoms with Gasteiger partial charge in [0.25, 0.3) is 0 Å². The molecular weight excluding hydrogens is 162 g/mol. The molecule has 0 aromatic rings. The van der Waals surface area contributed by atoms with E-state index in [9.17, 15) is 0 Å². The highest BCUT2D eigenvalue weighted by Gasteiger charge is 2.08. The van der Waals surface area contributed by atoms with Gasteiger partial charge in [-0.05, 0) is 18.8 Å². The van der Waals surface area contributed by atoms with E-state index in [4.69, 9.17) is 10.00 Å². The SMILES string of the molecule is N#CCOCC=CC1CCCCC1. The smallest absolute Gasteiger partial charge is 0.134 e. The molecule has 0 N–H and O–H groups in total. The molecular formula is C11H17NO. The van der Waals surface area contributed by atoms with Gasteiger partial charge in [0, 0.05) is 0 Å². The Balaban J connectivity index is 2.05. The van der Waals surface area contributed by atoms with Crippen LogP contribution in [0.25, 0.3) is 0 Å². The van der Waals surface area contributed by atoms with E-state index in [1.165, 1.54) is 32.1 Å². The van der Waals surface area contributed by atoms with Gasteiger partial charge in [0.1, 0.15) is 6.61 Å². The van der Waals surface area contributed by atoms with Crippen molar-refractivity contribution in [2.45, 2.75) is 32.1 Å². The van der Waals surface area contributed by atoms with Crippen LogP contribution in [0.2, 0.25) is 0 Å². The largest absolute Gasteiger partial charge is 0.362 e. The van der Waals surface area contributed by atoms with E-state index in [0.29, 0.717) is 6.61 Å². The third kappa shape index (κ3) is 4.69. The molecule has 0 unspecified atom stereocenters. The average molecular weight is 179 g/mol. The number of rotatable bonds is 4. The molecule has 0 atom stereocenters. The molecule has 1 fully saturated rings. The van der Waals surface area contributed by atoms with Crippen molar-refractivity contribution in [1.82, 2.24) is 0 Å². The lowest BCUT2D eigenvalue weighted by Crippen LogP contribution is -2.03. The van der Waals surface area contributed by atoms with Gasteiger partial charge in [0.15, 0.2) is 0 Å². The number of nitriles is 1. The van der Waals surface area contributed by atoms with E-state index in [2.05, 4.69) is 6.08 Å². The lowest BCUT2D eigenvalue weighted by Gasteiger charge is -2.17. The van der Waals surface area contributed by atoms with Crippen LogP contribution in [0.5, 0.6) is 0 Å². The summed E-state index contributed by atoms with van der Waals surface area (Å²) < 4.78 is 5.03. The van der Waals surface area contributed by atoms with Crippen molar-refractivity contribution in [2.75, 3.05) is 13.2 Å². The van der Waals surface area contributed by atoms with E-state index >= 15 is 0 Å². The molecule has 0 aliphatic heterocycles. The monoisotopic (exact) mass is 179 g/mol. The van der Waals surface area contributed by atoms with Crippen LogP contribution in [-0.2, 0) is 4.74 Å². The van der Waals surface area contributed by atoms with E-state index in [1.54, 1.807) is 0 Å². The number of allylic oxidation sites excluding steroid dienone is 1. The molecule has 0 spiro atoms. The molecule has 0 aromatic heterocycles. The fraction of sp³-hybridized carbons (Fsp3) is 0.727. The van der Waals surface area contributed by atoms with E-state index in [0.717, 1.165) is 5.92 Å². The van der Waals surface area contributed by atoms with Crippen LogP contribution in [0, 0.1) is 17.2 Å². The topological polar surface area (TPSA) is 33.0 Å². The molecule has 2 nitrogen and oxygen atoms in total. The van der Waals surface area contributed by atoms with Crippen LogP contribution >= 0.6 is 0 Å².